The van der Waals surface area contributed by atoms with Gasteiger partial charge in [-0.05, 0) is 40.4 Å². The Balaban J connectivity index is 2.35. The molecule has 1 fully saturated rings. The molecule has 0 aromatic carbocycles. The molecule has 0 aromatic rings. The monoisotopic (exact) mass is 214 g/mol. The van der Waals surface area contributed by atoms with Gasteiger partial charge >= 0.3 is 5.97 Å². The van der Waals surface area contributed by atoms with Crippen molar-refractivity contribution in [3.8, 4) is 0 Å². The molecular formula is C11H22N2O2. The third-order valence-electron chi connectivity index (χ3n) is 2.71. The highest BCUT2D eigenvalue weighted by molar-refractivity contribution is 5.71. The van der Waals surface area contributed by atoms with Crippen molar-refractivity contribution >= 4 is 5.97 Å². The molecule has 4 heteroatoms. The van der Waals surface area contributed by atoms with E-state index >= 15 is 0 Å². The predicted molar refractivity (Wildman–Crippen MR) is 59.8 cm³/mol. The fourth-order valence-corrected chi connectivity index (χ4v) is 2.10. The van der Waals surface area contributed by atoms with Gasteiger partial charge in [0.2, 0.25) is 0 Å². The van der Waals surface area contributed by atoms with Crippen molar-refractivity contribution in [2.24, 2.45) is 0 Å². The Hall–Kier alpha value is -0.610. The van der Waals surface area contributed by atoms with Gasteiger partial charge < -0.3 is 9.64 Å². The van der Waals surface area contributed by atoms with E-state index in [9.17, 15) is 4.79 Å². The summed E-state index contributed by atoms with van der Waals surface area (Å²) in [5.41, 5.74) is 0. The fourth-order valence-electron chi connectivity index (χ4n) is 2.10. The van der Waals surface area contributed by atoms with Gasteiger partial charge in [0.1, 0.15) is 0 Å². The van der Waals surface area contributed by atoms with Crippen molar-refractivity contribution in [3.63, 3.8) is 0 Å². The lowest BCUT2D eigenvalue weighted by molar-refractivity contribution is -0.144. The predicted octanol–water partition coefficient (Wildman–Crippen LogP) is 0.576. The SMILES string of the molecule is CCOC(=O)CN1CCCC1CN(C)C. The minimum atomic E-state index is -0.0943. The summed E-state index contributed by atoms with van der Waals surface area (Å²) in [6.07, 6.45) is 2.38. The largest absolute Gasteiger partial charge is 0.465 e. The quantitative estimate of drug-likeness (QED) is 0.627. The lowest BCUT2D eigenvalue weighted by Gasteiger charge is -2.25. The number of carbonyl (C=O) groups excluding carboxylic acids is 1. The fraction of sp³-hybridized carbons (Fsp3) is 0.909. The van der Waals surface area contributed by atoms with E-state index in [-0.39, 0.29) is 5.97 Å². The third kappa shape index (κ3) is 4.18. The molecule has 1 unspecified atom stereocenters. The van der Waals surface area contributed by atoms with E-state index in [1.807, 2.05) is 6.92 Å². The van der Waals surface area contributed by atoms with E-state index in [1.54, 1.807) is 0 Å². The summed E-state index contributed by atoms with van der Waals surface area (Å²) in [6, 6.07) is 0.518. The lowest BCUT2D eigenvalue weighted by Crippen LogP contribution is -2.40. The van der Waals surface area contributed by atoms with Crippen LogP contribution in [0.1, 0.15) is 19.8 Å². The van der Waals surface area contributed by atoms with E-state index in [0.717, 1.165) is 13.1 Å². The maximum atomic E-state index is 11.4. The Labute approximate surface area is 92.2 Å². The number of hydrogen-bond acceptors (Lipinski definition) is 4. The Kier molecular flexibility index (Phi) is 5.05. The van der Waals surface area contributed by atoms with Crippen molar-refractivity contribution < 1.29 is 9.53 Å². The van der Waals surface area contributed by atoms with Crippen LogP contribution in [0.3, 0.4) is 0 Å². The normalized spacial score (nSPS) is 22.3. The van der Waals surface area contributed by atoms with Crippen LogP contribution < -0.4 is 0 Å². The van der Waals surface area contributed by atoms with Crippen LogP contribution in [0.4, 0.5) is 0 Å². The number of carbonyl (C=O) groups is 1. The van der Waals surface area contributed by atoms with Gasteiger partial charge in [-0.3, -0.25) is 9.69 Å². The van der Waals surface area contributed by atoms with Crippen LogP contribution in [0.5, 0.6) is 0 Å². The van der Waals surface area contributed by atoms with Crippen LogP contribution >= 0.6 is 0 Å². The molecule has 1 aliphatic heterocycles. The van der Waals surface area contributed by atoms with Gasteiger partial charge in [-0.25, -0.2) is 0 Å². The van der Waals surface area contributed by atoms with E-state index in [2.05, 4.69) is 23.9 Å². The second-order valence-electron chi connectivity index (χ2n) is 4.33. The second kappa shape index (κ2) is 6.08. The van der Waals surface area contributed by atoms with Gasteiger partial charge in [0.15, 0.2) is 0 Å². The third-order valence-corrected chi connectivity index (χ3v) is 2.71. The lowest BCUT2D eigenvalue weighted by atomic mass is 10.2. The highest BCUT2D eigenvalue weighted by Gasteiger charge is 2.26. The average molecular weight is 214 g/mol. The van der Waals surface area contributed by atoms with E-state index in [1.165, 1.54) is 12.8 Å². The van der Waals surface area contributed by atoms with Crippen LogP contribution in [-0.4, -0.2) is 62.1 Å². The van der Waals surface area contributed by atoms with Crippen LogP contribution in [0.15, 0.2) is 0 Å². The van der Waals surface area contributed by atoms with Crippen molar-refractivity contribution in [1.82, 2.24) is 9.80 Å². The molecule has 0 aliphatic carbocycles. The number of hydrogen-bond donors (Lipinski definition) is 0. The molecular weight excluding hydrogens is 192 g/mol. The summed E-state index contributed by atoms with van der Waals surface area (Å²) in [6.45, 7) is 4.83. The zero-order valence-corrected chi connectivity index (χ0v) is 10.0. The Morgan fingerprint density at radius 2 is 2.27 bits per heavy atom. The number of rotatable bonds is 5. The van der Waals surface area contributed by atoms with Crippen molar-refractivity contribution in [1.29, 1.82) is 0 Å². The molecule has 0 N–H and O–H groups in total. The summed E-state index contributed by atoms with van der Waals surface area (Å²) in [5.74, 6) is -0.0943. The van der Waals surface area contributed by atoms with Crippen molar-refractivity contribution in [3.05, 3.63) is 0 Å². The van der Waals surface area contributed by atoms with E-state index in [4.69, 9.17) is 4.74 Å². The first-order chi connectivity index (χ1) is 7.13. The Morgan fingerprint density at radius 3 is 2.87 bits per heavy atom. The number of likely N-dealkylation sites (tertiary alicyclic amines) is 1. The average Bonchev–Trinajstić information content (AvgIpc) is 2.52. The summed E-state index contributed by atoms with van der Waals surface area (Å²) in [4.78, 5) is 15.8. The zero-order chi connectivity index (χ0) is 11.3. The maximum absolute atomic E-state index is 11.4. The zero-order valence-electron chi connectivity index (χ0n) is 10.0. The number of likely N-dealkylation sites (N-methyl/N-ethyl adjacent to an activating group) is 1. The molecule has 0 spiro atoms. The molecule has 1 saturated heterocycles. The van der Waals surface area contributed by atoms with Crippen LogP contribution in [-0.2, 0) is 9.53 Å². The summed E-state index contributed by atoms with van der Waals surface area (Å²) < 4.78 is 4.96. The second-order valence-corrected chi connectivity index (χ2v) is 4.33. The van der Waals surface area contributed by atoms with Crippen LogP contribution in [0.2, 0.25) is 0 Å². The summed E-state index contributed by atoms with van der Waals surface area (Å²) in [5, 5.41) is 0. The molecule has 4 nitrogen and oxygen atoms in total. The van der Waals surface area contributed by atoms with Crippen molar-refractivity contribution in [2.45, 2.75) is 25.8 Å². The van der Waals surface area contributed by atoms with Crippen LogP contribution in [0.25, 0.3) is 0 Å². The van der Waals surface area contributed by atoms with Gasteiger partial charge in [-0.15, -0.1) is 0 Å². The summed E-state index contributed by atoms with van der Waals surface area (Å²) >= 11 is 0. The first-order valence-electron chi connectivity index (χ1n) is 5.68. The van der Waals surface area contributed by atoms with Crippen LogP contribution in [0, 0.1) is 0 Å². The Morgan fingerprint density at radius 1 is 1.53 bits per heavy atom. The number of ether oxygens (including phenoxy) is 1. The Bertz CT molecular complexity index is 207. The molecule has 0 amide bonds. The molecule has 1 heterocycles. The number of nitrogens with zero attached hydrogens (tertiary/aromatic N) is 2. The molecule has 15 heavy (non-hydrogen) atoms. The van der Waals surface area contributed by atoms with Gasteiger partial charge in [-0.2, -0.15) is 0 Å². The first-order valence-corrected chi connectivity index (χ1v) is 5.68. The minimum Gasteiger partial charge on any atom is -0.465 e. The molecule has 0 saturated carbocycles. The molecule has 1 aliphatic rings. The summed E-state index contributed by atoms with van der Waals surface area (Å²) in [7, 11) is 4.14. The molecule has 0 aromatic heterocycles. The van der Waals surface area contributed by atoms with Gasteiger partial charge in [0.05, 0.1) is 13.2 Å². The van der Waals surface area contributed by atoms with E-state index in [0.29, 0.717) is 19.2 Å². The molecule has 88 valence electrons. The molecule has 1 rings (SSSR count). The highest BCUT2D eigenvalue weighted by atomic mass is 16.5. The smallest absolute Gasteiger partial charge is 0.320 e. The minimum absolute atomic E-state index is 0.0943. The van der Waals surface area contributed by atoms with E-state index < -0.39 is 0 Å². The topological polar surface area (TPSA) is 32.8 Å². The number of esters is 1. The van der Waals surface area contributed by atoms with Crippen molar-refractivity contribution in [2.75, 3.05) is 40.3 Å². The van der Waals surface area contributed by atoms with Gasteiger partial charge in [0.25, 0.3) is 0 Å². The highest BCUT2D eigenvalue weighted by Crippen LogP contribution is 2.17. The van der Waals surface area contributed by atoms with Gasteiger partial charge in [-0.1, -0.05) is 0 Å². The first kappa shape index (κ1) is 12.5. The van der Waals surface area contributed by atoms with Gasteiger partial charge in [0, 0.05) is 12.6 Å². The molecule has 1 atom stereocenters. The standard InChI is InChI=1S/C11H22N2O2/c1-4-15-11(14)9-13-7-5-6-10(13)8-12(2)3/h10H,4-9H2,1-3H3. The maximum Gasteiger partial charge on any atom is 0.320 e. The molecule has 0 bridgehead atoms. The molecule has 0 radical (unpaired) electrons.